The van der Waals surface area contributed by atoms with Crippen LogP contribution < -0.4 is 5.73 Å². The second-order valence-corrected chi connectivity index (χ2v) is 7.18. The highest BCUT2D eigenvalue weighted by Crippen LogP contribution is 2.33. The molecule has 4 rings (SSSR count). The van der Waals surface area contributed by atoms with Crippen LogP contribution in [-0.4, -0.2) is 44.2 Å². The van der Waals surface area contributed by atoms with E-state index in [1.165, 1.54) is 6.42 Å². The van der Waals surface area contributed by atoms with E-state index in [4.69, 9.17) is 5.73 Å². The number of amides is 1. The van der Waals surface area contributed by atoms with Crippen molar-refractivity contribution in [1.29, 1.82) is 0 Å². The number of halogens is 2. The predicted octanol–water partition coefficient (Wildman–Crippen LogP) is 2.05. The van der Waals surface area contributed by atoms with Crippen molar-refractivity contribution in [2.45, 2.75) is 69.4 Å². The van der Waals surface area contributed by atoms with E-state index < -0.39 is 5.54 Å². The van der Waals surface area contributed by atoms with Gasteiger partial charge in [-0.15, -0.1) is 35.0 Å². The summed E-state index contributed by atoms with van der Waals surface area (Å²) in [6.45, 7) is 2.63. The number of nitrogens with two attached hydrogens (primary N) is 1. The van der Waals surface area contributed by atoms with Crippen LogP contribution >= 0.6 is 24.8 Å². The van der Waals surface area contributed by atoms with Gasteiger partial charge in [0.05, 0.1) is 5.54 Å². The summed E-state index contributed by atoms with van der Waals surface area (Å²) in [5.41, 5.74) is 5.76. The SMILES string of the molecule is Cl.Cl.NC1(C(=O)N2CCCC(c3nnc4n3CCC4)C2)CCCC1. The lowest BCUT2D eigenvalue weighted by molar-refractivity contribution is -0.138. The lowest BCUT2D eigenvalue weighted by Gasteiger charge is -2.37. The van der Waals surface area contributed by atoms with Gasteiger partial charge in [-0.05, 0) is 32.1 Å². The molecule has 1 atom stereocenters. The van der Waals surface area contributed by atoms with Crippen molar-refractivity contribution in [1.82, 2.24) is 19.7 Å². The summed E-state index contributed by atoms with van der Waals surface area (Å²) in [5, 5.41) is 8.73. The molecule has 24 heavy (non-hydrogen) atoms. The van der Waals surface area contributed by atoms with Crippen molar-refractivity contribution >= 4 is 30.7 Å². The van der Waals surface area contributed by atoms with Crippen LogP contribution in [0.15, 0.2) is 0 Å². The molecule has 0 aromatic carbocycles. The first-order chi connectivity index (χ1) is 10.7. The standard InChI is InChI=1S/C16H25N5O.2ClH/c17-16(7-1-2-8-16)15(22)20-9-3-5-12(11-20)14-19-18-13-6-4-10-21(13)14;;/h12H,1-11,17H2;2*1H. The van der Waals surface area contributed by atoms with E-state index in [1.54, 1.807) is 0 Å². The maximum Gasteiger partial charge on any atom is 0.242 e. The zero-order chi connectivity index (χ0) is 15.2. The normalized spacial score (nSPS) is 24.9. The highest BCUT2D eigenvalue weighted by Gasteiger charge is 2.41. The molecule has 1 saturated heterocycles. The number of aryl methyl sites for hydroxylation is 1. The van der Waals surface area contributed by atoms with Crippen molar-refractivity contribution in [2.75, 3.05) is 13.1 Å². The van der Waals surface area contributed by atoms with Crippen LogP contribution in [0.4, 0.5) is 0 Å². The molecule has 1 saturated carbocycles. The Morgan fingerprint density at radius 2 is 1.83 bits per heavy atom. The Bertz CT molecular complexity index is 585. The summed E-state index contributed by atoms with van der Waals surface area (Å²) < 4.78 is 2.27. The zero-order valence-electron chi connectivity index (χ0n) is 13.9. The molecule has 1 aromatic heterocycles. The van der Waals surface area contributed by atoms with Gasteiger partial charge in [0.2, 0.25) is 5.91 Å². The van der Waals surface area contributed by atoms with Gasteiger partial charge in [0.1, 0.15) is 11.6 Å². The molecule has 0 bridgehead atoms. The van der Waals surface area contributed by atoms with Gasteiger partial charge in [-0.1, -0.05) is 12.8 Å². The third kappa shape index (κ3) is 3.28. The largest absolute Gasteiger partial charge is 0.340 e. The van der Waals surface area contributed by atoms with E-state index in [9.17, 15) is 4.79 Å². The van der Waals surface area contributed by atoms with Gasteiger partial charge in [0.25, 0.3) is 0 Å². The number of hydrogen-bond donors (Lipinski definition) is 1. The number of carbonyl (C=O) groups is 1. The van der Waals surface area contributed by atoms with Crippen molar-refractivity contribution in [2.24, 2.45) is 5.73 Å². The van der Waals surface area contributed by atoms with Gasteiger partial charge < -0.3 is 15.2 Å². The van der Waals surface area contributed by atoms with Gasteiger partial charge in [0, 0.05) is 32.0 Å². The Balaban J connectivity index is 0.00000104. The van der Waals surface area contributed by atoms with Crippen molar-refractivity contribution in [3.05, 3.63) is 11.6 Å². The Hall–Kier alpha value is -0.850. The van der Waals surface area contributed by atoms with Crippen LogP contribution in [0, 0.1) is 0 Å². The van der Waals surface area contributed by atoms with Crippen molar-refractivity contribution in [3.63, 3.8) is 0 Å². The molecule has 1 amide bonds. The number of aromatic nitrogens is 3. The van der Waals surface area contributed by atoms with Crippen molar-refractivity contribution < 1.29 is 4.79 Å². The quantitative estimate of drug-likeness (QED) is 0.857. The van der Waals surface area contributed by atoms with Gasteiger partial charge in [-0.25, -0.2) is 0 Å². The highest BCUT2D eigenvalue weighted by atomic mass is 35.5. The molecule has 1 aromatic rings. The fourth-order valence-corrected chi connectivity index (χ4v) is 4.38. The number of rotatable bonds is 2. The Kier molecular flexibility index (Phi) is 6.15. The molecule has 3 aliphatic rings. The van der Waals surface area contributed by atoms with Crippen LogP contribution in [-0.2, 0) is 17.8 Å². The molecule has 8 heteroatoms. The smallest absolute Gasteiger partial charge is 0.242 e. The van der Waals surface area contributed by atoms with Crippen LogP contribution in [0.3, 0.4) is 0 Å². The molecule has 2 fully saturated rings. The lowest BCUT2D eigenvalue weighted by Crippen LogP contribution is -2.55. The number of piperidine rings is 1. The van der Waals surface area contributed by atoms with Gasteiger partial charge in [-0.2, -0.15) is 0 Å². The number of hydrogen-bond acceptors (Lipinski definition) is 4. The Morgan fingerprint density at radius 3 is 2.58 bits per heavy atom. The molecule has 136 valence electrons. The minimum absolute atomic E-state index is 0. The first-order valence-corrected chi connectivity index (χ1v) is 8.68. The first-order valence-electron chi connectivity index (χ1n) is 8.68. The monoisotopic (exact) mass is 375 g/mol. The third-order valence-electron chi connectivity index (χ3n) is 5.63. The molecule has 2 N–H and O–H groups in total. The minimum Gasteiger partial charge on any atom is -0.340 e. The average Bonchev–Trinajstić information content (AvgIpc) is 3.23. The zero-order valence-corrected chi connectivity index (χ0v) is 15.6. The number of nitrogens with zero attached hydrogens (tertiary/aromatic N) is 4. The molecular weight excluding hydrogens is 349 g/mol. The molecule has 0 radical (unpaired) electrons. The van der Waals surface area contributed by atoms with E-state index in [2.05, 4.69) is 14.8 Å². The van der Waals surface area contributed by atoms with E-state index >= 15 is 0 Å². The number of fused-ring (bicyclic) bond motifs is 1. The van der Waals surface area contributed by atoms with Gasteiger partial charge in [0.15, 0.2) is 0 Å². The molecule has 3 heterocycles. The Morgan fingerprint density at radius 1 is 1.08 bits per heavy atom. The summed E-state index contributed by atoms with van der Waals surface area (Å²) in [6, 6.07) is 0. The average molecular weight is 376 g/mol. The third-order valence-corrected chi connectivity index (χ3v) is 5.63. The van der Waals surface area contributed by atoms with Crippen LogP contribution in [0.25, 0.3) is 0 Å². The fraction of sp³-hybridized carbons (Fsp3) is 0.812. The van der Waals surface area contributed by atoms with Crippen molar-refractivity contribution in [3.8, 4) is 0 Å². The molecule has 1 unspecified atom stereocenters. The van der Waals surface area contributed by atoms with Crippen LogP contribution in [0.5, 0.6) is 0 Å². The highest BCUT2D eigenvalue weighted by molar-refractivity contribution is 5.86. The number of likely N-dealkylation sites (tertiary alicyclic amines) is 1. The summed E-state index contributed by atoms with van der Waals surface area (Å²) in [5.74, 6) is 2.69. The van der Waals surface area contributed by atoms with E-state index in [0.717, 1.165) is 76.2 Å². The second kappa shape index (κ2) is 7.58. The molecule has 1 aliphatic carbocycles. The number of carbonyl (C=O) groups excluding carboxylic acids is 1. The molecule has 0 spiro atoms. The van der Waals surface area contributed by atoms with E-state index in [-0.39, 0.29) is 30.7 Å². The van der Waals surface area contributed by atoms with E-state index in [0.29, 0.717) is 5.92 Å². The minimum atomic E-state index is -0.602. The summed E-state index contributed by atoms with van der Waals surface area (Å²) in [4.78, 5) is 14.8. The summed E-state index contributed by atoms with van der Waals surface area (Å²) in [7, 11) is 0. The Labute approximate surface area is 155 Å². The molecule has 6 nitrogen and oxygen atoms in total. The predicted molar refractivity (Wildman–Crippen MR) is 96.8 cm³/mol. The van der Waals surface area contributed by atoms with Gasteiger partial charge >= 0.3 is 0 Å². The summed E-state index contributed by atoms with van der Waals surface area (Å²) >= 11 is 0. The topological polar surface area (TPSA) is 77.0 Å². The maximum atomic E-state index is 12.8. The first kappa shape index (κ1) is 19.5. The molecular formula is C16H27Cl2N5O. The second-order valence-electron chi connectivity index (χ2n) is 7.18. The summed E-state index contributed by atoms with van der Waals surface area (Å²) in [6.07, 6.45) is 8.18. The van der Waals surface area contributed by atoms with Crippen LogP contribution in [0.2, 0.25) is 0 Å². The van der Waals surface area contributed by atoms with Gasteiger partial charge in [-0.3, -0.25) is 4.79 Å². The van der Waals surface area contributed by atoms with E-state index in [1.807, 2.05) is 4.90 Å². The fourth-order valence-electron chi connectivity index (χ4n) is 4.38. The maximum absolute atomic E-state index is 12.8. The lowest BCUT2D eigenvalue weighted by atomic mass is 9.92. The molecule has 2 aliphatic heterocycles. The van der Waals surface area contributed by atoms with Crippen LogP contribution in [0.1, 0.15) is 62.5 Å².